The zero-order chi connectivity index (χ0) is 19.9. The number of carbonyl (C=O) groups is 3. The number of rotatable bonds is 6. The molecule has 0 aliphatic carbocycles. The molecule has 5 N–H and O–H groups in total. The number of carbonyl (C=O) groups excluding carboxylic acids is 2. The smallest absolute Gasteiger partial charge is 0.318 e. The molecule has 2 aliphatic rings. The van der Waals surface area contributed by atoms with Crippen LogP contribution in [0.5, 0.6) is 0 Å². The number of fused-ring (bicyclic) bond motifs is 1. The van der Waals surface area contributed by atoms with E-state index in [1.807, 2.05) is 0 Å². The van der Waals surface area contributed by atoms with Gasteiger partial charge in [-0.05, 0) is 0 Å². The molecule has 4 atom stereocenters. The predicted molar refractivity (Wildman–Crippen MR) is 91.5 cm³/mol. The maximum Gasteiger partial charge on any atom is 0.318 e. The third-order valence-electron chi connectivity index (χ3n) is 4.60. The van der Waals surface area contributed by atoms with Crippen molar-refractivity contribution in [3.8, 4) is 0 Å². The summed E-state index contributed by atoms with van der Waals surface area (Å²) in [6.07, 6.45) is 0.0318. The Labute approximate surface area is 157 Å². The van der Waals surface area contributed by atoms with Gasteiger partial charge in [-0.3, -0.25) is 19.4 Å². The first-order valence-corrected chi connectivity index (χ1v) is 8.79. The van der Waals surface area contributed by atoms with Gasteiger partial charge in [0.15, 0.2) is 12.1 Å². The van der Waals surface area contributed by atoms with E-state index in [1.54, 1.807) is 0 Å². The lowest BCUT2D eigenvalue weighted by molar-refractivity contribution is -0.168. The van der Waals surface area contributed by atoms with Crippen molar-refractivity contribution in [3.05, 3.63) is 18.5 Å². The average molecular weight is 398 g/mol. The monoisotopic (exact) mass is 398 g/mol. The van der Waals surface area contributed by atoms with Crippen LogP contribution in [0.3, 0.4) is 0 Å². The Bertz CT molecular complexity index is 801. The SMILES string of the molecule is C=CC1(C(=O)O)CS[C@@H]2C(N(N)C(=O)C(OC)c3noc(N)n3)C(=O)N2C1. The summed E-state index contributed by atoms with van der Waals surface area (Å²) >= 11 is 1.22. The van der Waals surface area contributed by atoms with E-state index in [1.165, 1.54) is 29.8 Å². The number of nitrogens with two attached hydrogens (primary N) is 2. The van der Waals surface area contributed by atoms with E-state index in [4.69, 9.17) is 16.3 Å². The summed E-state index contributed by atoms with van der Waals surface area (Å²) in [6.45, 7) is 3.54. The lowest BCUT2D eigenvalue weighted by Crippen LogP contribution is -2.75. The molecule has 0 bridgehead atoms. The zero-order valence-corrected chi connectivity index (χ0v) is 15.1. The highest BCUT2D eigenvalue weighted by Crippen LogP contribution is 2.44. The van der Waals surface area contributed by atoms with Crippen LogP contribution in [-0.4, -0.2) is 73.8 Å². The zero-order valence-electron chi connectivity index (χ0n) is 14.3. The molecule has 1 aromatic heterocycles. The van der Waals surface area contributed by atoms with Gasteiger partial charge in [0.25, 0.3) is 11.8 Å². The molecule has 2 fully saturated rings. The van der Waals surface area contributed by atoms with E-state index in [9.17, 15) is 19.5 Å². The minimum Gasteiger partial charge on any atom is -0.481 e. The highest BCUT2D eigenvalue weighted by Gasteiger charge is 2.59. The van der Waals surface area contributed by atoms with Crippen LogP contribution >= 0.6 is 11.8 Å². The Morgan fingerprint density at radius 2 is 2.33 bits per heavy atom. The molecule has 3 unspecified atom stereocenters. The van der Waals surface area contributed by atoms with Gasteiger partial charge in [0, 0.05) is 19.4 Å². The number of anilines is 1. The molecule has 2 aliphatic heterocycles. The van der Waals surface area contributed by atoms with Crippen LogP contribution < -0.4 is 11.6 Å². The normalized spacial score (nSPS) is 28.1. The molecule has 146 valence electrons. The molecule has 2 saturated heterocycles. The lowest BCUT2D eigenvalue weighted by Gasteiger charge is -2.55. The van der Waals surface area contributed by atoms with Crippen LogP contribution in [0.15, 0.2) is 17.2 Å². The second kappa shape index (κ2) is 6.83. The molecule has 0 radical (unpaired) electrons. The van der Waals surface area contributed by atoms with E-state index < -0.39 is 40.7 Å². The molecule has 1 aromatic rings. The first-order valence-electron chi connectivity index (χ1n) is 7.74. The highest BCUT2D eigenvalue weighted by atomic mass is 32.2. The Kier molecular flexibility index (Phi) is 4.84. The molecular weight excluding hydrogens is 380 g/mol. The summed E-state index contributed by atoms with van der Waals surface area (Å²) in [5.74, 6) is 3.70. The number of nitrogens with zero attached hydrogens (tertiary/aromatic N) is 4. The fourth-order valence-corrected chi connectivity index (χ4v) is 4.57. The van der Waals surface area contributed by atoms with E-state index in [2.05, 4.69) is 21.2 Å². The Morgan fingerprint density at radius 1 is 1.63 bits per heavy atom. The minimum atomic E-state index is -1.29. The number of aromatic nitrogens is 2. The molecule has 27 heavy (non-hydrogen) atoms. The van der Waals surface area contributed by atoms with Crippen molar-refractivity contribution < 1.29 is 28.8 Å². The minimum absolute atomic E-state index is 0.0318. The summed E-state index contributed by atoms with van der Waals surface area (Å²) in [5.41, 5.74) is 4.11. The number of carboxylic acids is 1. The van der Waals surface area contributed by atoms with Crippen molar-refractivity contribution in [2.45, 2.75) is 17.5 Å². The fourth-order valence-electron chi connectivity index (χ4n) is 2.98. The molecule has 13 heteroatoms. The van der Waals surface area contributed by atoms with E-state index in [0.717, 1.165) is 5.01 Å². The van der Waals surface area contributed by atoms with Gasteiger partial charge in [-0.15, -0.1) is 18.3 Å². The molecule has 2 amide bonds. The second-order valence-electron chi connectivity index (χ2n) is 6.13. The van der Waals surface area contributed by atoms with E-state index >= 15 is 0 Å². The number of ether oxygens (including phenoxy) is 1. The van der Waals surface area contributed by atoms with Gasteiger partial charge < -0.3 is 25.0 Å². The molecule has 12 nitrogen and oxygen atoms in total. The highest BCUT2D eigenvalue weighted by molar-refractivity contribution is 8.00. The molecule has 0 spiro atoms. The van der Waals surface area contributed by atoms with E-state index in [-0.39, 0.29) is 24.1 Å². The molecular formula is C14H18N6O6S. The van der Waals surface area contributed by atoms with Gasteiger partial charge in [0.05, 0.1) is 0 Å². The number of β-lactam (4-membered cyclic amide) rings is 1. The number of nitrogen functional groups attached to an aromatic ring is 1. The van der Waals surface area contributed by atoms with Crippen LogP contribution in [-0.2, 0) is 19.1 Å². The maximum absolute atomic E-state index is 12.7. The number of hydrazine groups is 1. The van der Waals surface area contributed by atoms with Crippen LogP contribution in [0, 0.1) is 5.41 Å². The number of hydrogen-bond donors (Lipinski definition) is 3. The van der Waals surface area contributed by atoms with Crippen LogP contribution in [0.2, 0.25) is 0 Å². The number of hydrogen-bond acceptors (Lipinski definition) is 10. The van der Waals surface area contributed by atoms with E-state index in [0.29, 0.717) is 0 Å². The lowest BCUT2D eigenvalue weighted by atomic mass is 9.87. The first-order chi connectivity index (χ1) is 12.8. The summed E-state index contributed by atoms with van der Waals surface area (Å²) in [7, 11) is 1.25. The number of amides is 2. The van der Waals surface area contributed by atoms with Crippen molar-refractivity contribution in [2.75, 3.05) is 25.1 Å². The van der Waals surface area contributed by atoms with Crippen LogP contribution in [0.1, 0.15) is 11.9 Å². The number of carboxylic acid groups (broad SMARTS) is 1. The number of methoxy groups -OCH3 is 1. The Hall–Kier alpha value is -2.64. The third kappa shape index (κ3) is 2.93. The average Bonchev–Trinajstić information content (AvgIpc) is 3.07. The third-order valence-corrected chi connectivity index (χ3v) is 6.14. The summed E-state index contributed by atoms with van der Waals surface area (Å²) in [4.78, 5) is 41.8. The molecule has 0 aromatic carbocycles. The van der Waals surface area contributed by atoms with Gasteiger partial charge in [0.2, 0.25) is 5.82 Å². The number of thioether (sulfide) groups is 1. The Balaban J connectivity index is 1.74. The number of aliphatic carboxylic acids is 1. The predicted octanol–water partition coefficient (Wildman–Crippen LogP) is -1.42. The van der Waals surface area contributed by atoms with Crippen molar-refractivity contribution in [1.29, 1.82) is 0 Å². The van der Waals surface area contributed by atoms with Crippen LogP contribution in [0.25, 0.3) is 0 Å². The van der Waals surface area contributed by atoms with Gasteiger partial charge in [-0.1, -0.05) is 11.2 Å². The topological polar surface area (TPSA) is 178 Å². The fraction of sp³-hybridized carbons (Fsp3) is 0.500. The van der Waals surface area contributed by atoms with Crippen molar-refractivity contribution in [1.82, 2.24) is 20.0 Å². The van der Waals surface area contributed by atoms with Crippen molar-refractivity contribution in [3.63, 3.8) is 0 Å². The molecule has 0 saturated carbocycles. The van der Waals surface area contributed by atoms with Crippen molar-refractivity contribution in [2.24, 2.45) is 11.3 Å². The summed E-state index contributed by atoms with van der Waals surface area (Å²) in [6, 6.07) is -1.20. The quantitative estimate of drug-likeness (QED) is 0.168. The van der Waals surface area contributed by atoms with Crippen molar-refractivity contribution >= 4 is 35.6 Å². The molecule has 3 heterocycles. The van der Waals surface area contributed by atoms with Gasteiger partial charge in [-0.25, -0.2) is 5.84 Å². The van der Waals surface area contributed by atoms with Gasteiger partial charge >= 0.3 is 12.0 Å². The standard InChI is InChI=1S/C14H18N6O6S/c1-3-14(12(23)24)4-19-9(21)6(11(19)27-5-14)20(16)10(22)7(25-2)8-17-13(15)26-18-8/h3,6-7,11H,1,4-5,16H2,2H3,(H,23,24)(H2,15,17,18)/t6?,7?,11-,14?/m1/s1. The summed E-state index contributed by atoms with van der Waals surface area (Å²) < 4.78 is 9.69. The maximum atomic E-state index is 12.7. The van der Waals surface area contributed by atoms with Crippen LogP contribution in [0.4, 0.5) is 6.01 Å². The largest absolute Gasteiger partial charge is 0.481 e. The Morgan fingerprint density at radius 3 is 2.85 bits per heavy atom. The molecule has 3 rings (SSSR count). The van der Waals surface area contributed by atoms with Gasteiger partial charge in [0.1, 0.15) is 10.8 Å². The first kappa shape index (κ1) is 19.1. The van der Waals surface area contributed by atoms with Gasteiger partial charge in [-0.2, -0.15) is 4.98 Å². The summed E-state index contributed by atoms with van der Waals surface area (Å²) in [5, 5.41) is 13.3. The second-order valence-corrected chi connectivity index (χ2v) is 7.24.